The molecule has 1 fully saturated rings. The fourth-order valence-electron chi connectivity index (χ4n) is 4.18. The zero-order chi connectivity index (χ0) is 26.4. The minimum absolute atomic E-state index is 0.162. The van der Waals surface area contributed by atoms with Crippen molar-refractivity contribution in [2.45, 2.75) is 51.9 Å². The number of nitrogens with one attached hydrogen (secondary N) is 3. The van der Waals surface area contributed by atoms with Gasteiger partial charge in [0, 0.05) is 48.2 Å². The van der Waals surface area contributed by atoms with Crippen molar-refractivity contribution in [1.82, 2.24) is 15.6 Å². The third-order valence-electron chi connectivity index (χ3n) is 6.25. The number of benzene rings is 1. The second-order valence-electron chi connectivity index (χ2n) is 9.58. The lowest BCUT2D eigenvalue weighted by Gasteiger charge is -2.34. The van der Waals surface area contributed by atoms with Crippen molar-refractivity contribution in [2.24, 2.45) is 0 Å². The Kier molecular flexibility index (Phi) is 8.73. The minimum atomic E-state index is -0.310. The first-order chi connectivity index (χ1) is 17.8. The molecule has 0 radical (unpaired) electrons. The van der Waals surface area contributed by atoms with E-state index in [0.29, 0.717) is 74.0 Å². The normalized spacial score (nSPS) is 19.2. The molecule has 0 aliphatic carbocycles. The second kappa shape index (κ2) is 12.0. The molecule has 3 N–H and O–H groups in total. The van der Waals surface area contributed by atoms with Crippen LogP contribution in [0.3, 0.4) is 0 Å². The van der Waals surface area contributed by atoms with E-state index in [4.69, 9.17) is 26.4 Å². The van der Waals surface area contributed by atoms with Crippen molar-refractivity contribution in [2.75, 3.05) is 31.7 Å². The minimum Gasteiger partial charge on any atom is -0.489 e. The van der Waals surface area contributed by atoms with Crippen LogP contribution in [0.2, 0.25) is 0 Å². The van der Waals surface area contributed by atoms with Crippen LogP contribution in [-0.2, 0) is 27.2 Å². The van der Waals surface area contributed by atoms with E-state index >= 15 is 0 Å². The van der Waals surface area contributed by atoms with Gasteiger partial charge in [0.25, 0.3) is 5.91 Å². The molecule has 2 aliphatic heterocycles. The van der Waals surface area contributed by atoms with Crippen molar-refractivity contribution in [3.05, 3.63) is 64.9 Å². The number of carbonyl (C=O) groups is 1. The molecule has 1 unspecified atom stereocenters. The Morgan fingerprint density at radius 1 is 1.35 bits per heavy atom. The van der Waals surface area contributed by atoms with Gasteiger partial charge in [-0.05, 0) is 38.5 Å². The number of hydrogen-bond acceptors (Lipinski definition) is 7. The van der Waals surface area contributed by atoms with Gasteiger partial charge in [-0.15, -0.1) is 0 Å². The number of carbonyl (C=O) groups excluding carboxylic acids is 1. The van der Waals surface area contributed by atoms with Gasteiger partial charge in [0.15, 0.2) is 0 Å². The van der Waals surface area contributed by atoms with E-state index in [1.54, 1.807) is 24.5 Å². The van der Waals surface area contributed by atoms with Crippen molar-refractivity contribution in [1.29, 1.82) is 0 Å². The summed E-state index contributed by atoms with van der Waals surface area (Å²) >= 11 is 5.59. The quantitative estimate of drug-likeness (QED) is 0.425. The predicted molar refractivity (Wildman–Crippen MR) is 143 cm³/mol. The first-order valence-corrected chi connectivity index (χ1v) is 12.8. The summed E-state index contributed by atoms with van der Waals surface area (Å²) in [5, 5.41) is 9.29. The van der Waals surface area contributed by atoms with Crippen LogP contribution in [0.5, 0.6) is 5.75 Å². The third kappa shape index (κ3) is 6.82. The average molecular weight is 529 g/mol. The number of aromatic nitrogens is 1. The number of pyridine rings is 1. The van der Waals surface area contributed by atoms with Crippen LogP contribution in [0, 0.1) is 5.82 Å². The van der Waals surface area contributed by atoms with E-state index in [2.05, 4.69) is 20.9 Å². The summed E-state index contributed by atoms with van der Waals surface area (Å²) in [4.78, 5) is 17.2. The molecule has 1 saturated heterocycles. The molecule has 198 valence electrons. The number of thiocarbonyl (C=S) groups is 1. The average Bonchev–Trinajstić information content (AvgIpc) is 2.87. The molecule has 1 amide bonds. The summed E-state index contributed by atoms with van der Waals surface area (Å²) in [6, 6.07) is 6.65. The van der Waals surface area contributed by atoms with Crippen molar-refractivity contribution < 1.29 is 23.4 Å². The van der Waals surface area contributed by atoms with Crippen LogP contribution in [0.15, 0.2) is 47.9 Å². The number of hydrogen-bond donors (Lipinski definition) is 3. The Morgan fingerprint density at radius 2 is 2.19 bits per heavy atom. The molecule has 8 nitrogen and oxygen atoms in total. The van der Waals surface area contributed by atoms with Crippen LogP contribution < -0.4 is 20.7 Å². The van der Waals surface area contributed by atoms with Crippen molar-refractivity contribution in [3.63, 3.8) is 0 Å². The van der Waals surface area contributed by atoms with E-state index in [9.17, 15) is 9.18 Å². The molecular formula is C27H33FN4O4S. The molecule has 0 spiro atoms. The van der Waals surface area contributed by atoms with E-state index in [-0.39, 0.29) is 28.4 Å². The number of amides is 1. The summed E-state index contributed by atoms with van der Waals surface area (Å²) in [5.41, 5.74) is 2.72. The highest BCUT2D eigenvalue weighted by Gasteiger charge is 2.29. The lowest BCUT2D eigenvalue weighted by atomic mass is 10.0. The van der Waals surface area contributed by atoms with Gasteiger partial charge in [0.05, 0.1) is 30.6 Å². The standard InChI is InChI=1S/C27H33FN4O4S/c1-4-19-20(28)6-5-7-21(19)32-26(37)24-22(9-11-30-25(24)33)31-12-17-8-10-29-13-23(17)34-14-18-15-36-27(2,3)16-35-18/h5-8,10,13,18,31H,4,9,11-12,14-16H2,1-3H3,(H,30,33)(H,32,37). The highest BCUT2D eigenvalue weighted by atomic mass is 32.1. The zero-order valence-electron chi connectivity index (χ0n) is 21.4. The number of anilines is 1. The number of halogens is 1. The van der Waals surface area contributed by atoms with Gasteiger partial charge in [-0.25, -0.2) is 4.39 Å². The van der Waals surface area contributed by atoms with E-state index in [1.165, 1.54) is 6.07 Å². The lowest BCUT2D eigenvalue weighted by Crippen LogP contribution is -2.44. The van der Waals surface area contributed by atoms with E-state index in [0.717, 1.165) is 5.56 Å². The van der Waals surface area contributed by atoms with Crippen LogP contribution >= 0.6 is 12.2 Å². The molecule has 10 heteroatoms. The van der Waals surface area contributed by atoms with Crippen molar-refractivity contribution in [3.8, 4) is 5.75 Å². The molecule has 37 heavy (non-hydrogen) atoms. The summed E-state index contributed by atoms with van der Waals surface area (Å²) in [7, 11) is 0. The Balaban J connectivity index is 1.45. The fraction of sp³-hybridized carbons (Fsp3) is 0.444. The first kappa shape index (κ1) is 27.0. The van der Waals surface area contributed by atoms with E-state index < -0.39 is 0 Å². The highest BCUT2D eigenvalue weighted by Crippen LogP contribution is 2.24. The first-order valence-electron chi connectivity index (χ1n) is 12.4. The number of ether oxygens (including phenoxy) is 3. The van der Waals surface area contributed by atoms with Gasteiger partial charge < -0.3 is 30.2 Å². The molecule has 0 saturated carbocycles. The third-order valence-corrected chi connectivity index (χ3v) is 6.56. The summed E-state index contributed by atoms with van der Waals surface area (Å²) < 4.78 is 31.9. The second-order valence-corrected chi connectivity index (χ2v) is 9.99. The van der Waals surface area contributed by atoms with Crippen LogP contribution in [0.4, 0.5) is 10.1 Å². The van der Waals surface area contributed by atoms with Gasteiger partial charge in [0.1, 0.15) is 29.3 Å². The maximum Gasteiger partial charge on any atom is 0.256 e. The SMILES string of the molecule is CCc1c(F)cccc1NC(=S)C1=C(NCc2ccncc2OCC2COC(C)(C)CO2)CCNC1=O. The summed E-state index contributed by atoms with van der Waals surface area (Å²) in [6.07, 6.45) is 4.27. The monoisotopic (exact) mass is 528 g/mol. The molecule has 2 aliphatic rings. The molecule has 1 aromatic carbocycles. The van der Waals surface area contributed by atoms with Gasteiger partial charge in [0.2, 0.25) is 0 Å². The Labute approximate surface area is 222 Å². The Hall–Kier alpha value is -3.08. The van der Waals surface area contributed by atoms with Gasteiger partial charge in [-0.3, -0.25) is 9.78 Å². The predicted octanol–water partition coefficient (Wildman–Crippen LogP) is 3.66. The molecule has 3 heterocycles. The van der Waals surface area contributed by atoms with Gasteiger partial charge in [-0.2, -0.15) is 0 Å². The van der Waals surface area contributed by atoms with Crippen LogP contribution in [-0.4, -0.2) is 54.0 Å². The largest absolute Gasteiger partial charge is 0.489 e. The lowest BCUT2D eigenvalue weighted by molar-refractivity contribution is -0.181. The maximum atomic E-state index is 14.2. The van der Waals surface area contributed by atoms with E-state index in [1.807, 2.05) is 26.8 Å². The maximum absolute atomic E-state index is 14.2. The molecule has 1 aromatic heterocycles. The van der Waals surface area contributed by atoms with Crippen LogP contribution in [0.1, 0.15) is 38.3 Å². The number of rotatable bonds is 9. The van der Waals surface area contributed by atoms with Gasteiger partial charge in [-0.1, -0.05) is 25.2 Å². The Morgan fingerprint density at radius 3 is 2.95 bits per heavy atom. The van der Waals surface area contributed by atoms with Gasteiger partial charge >= 0.3 is 0 Å². The number of nitrogens with zero attached hydrogens (tertiary/aromatic N) is 1. The van der Waals surface area contributed by atoms with Crippen molar-refractivity contribution >= 4 is 28.8 Å². The zero-order valence-corrected chi connectivity index (χ0v) is 22.2. The molecular weight excluding hydrogens is 495 g/mol. The smallest absolute Gasteiger partial charge is 0.256 e. The topological polar surface area (TPSA) is 93.7 Å². The molecule has 2 aromatic rings. The molecule has 4 rings (SSSR count). The van der Waals surface area contributed by atoms with Crippen LogP contribution in [0.25, 0.3) is 0 Å². The summed E-state index contributed by atoms with van der Waals surface area (Å²) in [6.45, 7) is 8.05. The summed E-state index contributed by atoms with van der Waals surface area (Å²) in [5.74, 6) is 0.0398. The molecule has 1 atom stereocenters. The highest BCUT2D eigenvalue weighted by molar-refractivity contribution is 7.81. The fourth-order valence-corrected chi connectivity index (χ4v) is 4.51. The molecule has 0 bridgehead atoms. The Bertz CT molecular complexity index is 1180.